The van der Waals surface area contributed by atoms with Gasteiger partial charge in [0.1, 0.15) is 10.6 Å². The molecule has 17 heavy (non-hydrogen) atoms. The van der Waals surface area contributed by atoms with Crippen molar-refractivity contribution in [1.29, 1.82) is 0 Å². The Labute approximate surface area is 104 Å². The molecule has 5 nitrogen and oxygen atoms in total. The van der Waals surface area contributed by atoms with Gasteiger partial charge in [-0.1, -0.05) is 0 Å². The van der Waals surface area contributed by atoms with Gasteiger partial charge >= 0.3 is 0 Å². The summed E-state index contributed by atoms with van der Waals surface area (Å²) in [7, 11) is 1.80. The maximum Gasteiger partial charge on any atom is 0.225 e. The fourth-order valence-electron chi connectivity index (χ4n) is 1.58. The van der Waals surface area contributed by atoms with Crippen molar-refractivity contribution in [2.75, 3.05) is 24.3 Å². The second-order valence-electron chi connectivity index (χ2n) is 3.84. The average Bonchev–Trinajstić information content (AvgIpc) is 2.77. The van der Waals surface area contributed by atoms with E-state index in [4.69, 9.17) is 5.11 Å². The van der Waals surface area contributed by atoms with Crippen molar-refractivity contribution in [3.63, 3.8) is 0 Å². The maximum atomic E-state index is 8.91. The molecule has 2 aromatic heterocycles. The van der Waals surface area contributed by atoms with Gasteiger partial charge in [0.2, 0.25) is 5.95 Å². The summed E-state index contributed by atoms with van der Waals surface area (Å²) in [5.41, 5.74) is 0. The third-order valence-electron chi connectivity index (χ3n) is 2.49. The van der Waals surface area contributed by atoms with Gasteiger partial charge in [-0.15, -0.1) is 11.3 Å². The van der Waals surface area contributed by atoms with Crippen LogP contribution in [0.2, 0.25) is 0 Å². The zero-order valence-corrected chi connectivity index (χ0v) is 10.7. The number of aliphatic hydroxyl groups is 1. The number of aliphatic hydroxyl groups excluding tert-OH is 1. The van der Waals surface area contributed by atoms with Crippen LogP contribution in [0.25, 0.3) is 10.2 Å². The van der Waals surface area contributed by atoms with Gasteiger partial charge in [-0.25, -0.2) is 4.98 Å². The number of thiophene rings is 1. The lowest BCUT2D eigenvalue weighted by Crippen LogP contribution is -2.18. The molecule has 0 saturated carbocycles. The lowest BCUT2D eigenvalue weighted by Gasteiger charge is -2.14. The number of hydrogen-bond donors (Lipinski definition) is 3. The minimum absolute atomic E-state index is 0.172. The van der Waals surface area contributed by atoms with Crippen molar-refractivity contribution in [2.24, 2.45) is 0 Å². The van der Waals surface area contributed by atoms with Crippen molar-refractivity contribution in [1.82, 2.24) is 9.97 Å². The van der Waals surface area contributed by atoms with E-state index < -0.39 is 0 Å². The fourth-order valence-corrected chi connectivity index (χ4v) is 2.34. The van der Waals surface area contributed by atoms with E-state index in [1.54, 1.807) is 18.4 Å². The highest BCUT2D eigenvalue weighted by Crippen LogP contribution is 2.26. The van der Waals surface area contributed by atoms with Crippen molar-refractivity contribution in [2.45, 2.75) is 19.4 Å². The molecule has 3 N–H and O–H groups in total. The summed E-state index contributed by atoms with van der Waals surface area (Å²) in [6.07, 6.45) is 0.699. The first-order valence-electron chi connectivity index (χ1n) is 5.55. The second-order valence-corrected chi connectivity index (χ2v) is 4.74. The molecule has 0 spiro atoms. The molecule has 0 aliphatic rings. The zero-order chi connectivity index (χ0) is 12.3. The molecule has 0 aliphatic heterocycles. The molecule has 0 aromatic carbocycles. The molecule has 0 bridgehead atoms. The number of aromatic nitrogens is 2. The number of hydrogen-bond acceptors (Lipinski definition) is 6. The Hall–Kier alpha value is -1.40. The Kier molecular flexibility index (Phi) is 3.75. The Morgan fingerprint density at radius 1 is 1.47 bits per heavy atom. The Morgan fingerprint density at radius 2 is 2.29 bits per heavy atom. The van der Waals surface area contributed by atoms with E-state index >= 15 is 0 Å². The molecule has 0 radical (unpaired) electrons. The van der Waals surface area contributed by atoms with Crippen LogP contribution >= 0.6 is 11.3 Å². The second kappa shape index (κ2) is 5.29. The molecule has 1 unspecified atom stereocenters. The smallest absolute Gasteiger partial charge is 0.225 e. The van der Waals surface area contributed by atoms with Gasteiger partial charge in [0, 0.05) is 19.7 Å². The summed E-state index contributed by atoms with van der Waals surface area (Å²) < 4.78 is 0. The van der Waals surface area contributed by atoms with Crippen LogP contribution in [0, 0.1) is 0 Å². The first kappa shape index (κ1) is 12.1. The van der Waals surface area contributed by atoms with Gasteiger partial charge in [0.15, 0.2) is 0 Å². The number of nitrogens with zero attached hydrogens (tertiary/aromatic N) is 2. The van der Waals surface area contributed by atoms with E-state index in [-0.39, 0.29) is 12.6 Å². The van der Waals surface area contributed by atoms with Crippen LogP contribution in [0.15, 0.2) is 11.4 Å². The molecule has 0 fully saturated rings. The molecule has 1 atom stereocenters. The summed E-state index contributed by atoms with van der Waals surface area (Å²) in [6, 6.07) is 2.19. The Bertz CT molecular complexity index is 499. The third kappa shape index (κ3) is 2.65. The third-order valence-corrected chi connectivity index (χ3v) is 3.30. The van der Waals surface area contributed by atoms with Crippen molar-refractivity contribution in [3.05, 3.63) is 11.4 Å². The van der Waals surface area contributed by atoms with Crippen LogP contribution in [0.1, 0.15) is 13.3 Å². The standard InChI is InChI=1S/C11H16N4OS/c1-7(3-5-16)13-9-8-4-6-17-10(8)15-11(12-2)14-9/h4,6-7,16H,3,5H2,1-2H3,(H2,12,13,14,15). The van der Waals surface area contributed by atoms with E-state index in [1.165, 1.54) is 0 Å². The maximum absolute atomic E-state index is 8.91. The topological polar surface area (TPSA) is 70.1 Å². The summed E-state index contributed by atoms with van der Waals surface area (Å²) >= 11 is 1.59. The van der Waals surface area contributed by atoms with E-state index in [0.717, 1.165) is 16.0 Å². The van der Waals surface area contributed by atoms with Crippen molar-refractivity contribution >= 4 is 33.3 Å². The van der Waals surface area contributed by atoms with Crippen LogP contribution in [0.4, 0.5) is 11.8 Å². The summed E-state index contributed by atoms with van der Waals surface area (Å²) in [5.74, 6) is 1.43. The largest absolute Gasteiger partial charge is 0.396 e. The summed E-state index contributed by atoms with van der Waals surface area (Å²) in [6.45, 7) is 2.19. The molecule has 0 aliphatic carbocycles. The van der Waals surface area contributed by atoms with Crippen LogP contribution in [0.3, 0.4) is 0 Å². The predicted octanol–water partition coefficient (Wildman–Crippen LogP) is 1.92. The van der Waals surface area contributed by atoms with E-state index in [0.29, 0.717) is 12.4 Å². The zero-order valence-electron chi connectivity index (χ0n) is 9.90. The first-order valence-corrected chi connectivity index (χ1v) is 6.43. The molecule has 92 valence electrons. The first-order chi connectivity index (χ1) is 8.24. The normalized spacial score (nSPS) is 12.6. The average molecular weight is 252 g/mol. The summed E-state index contributed by atoms with van der Waals surface area (Å²) in [4.78, 5) is 9.74. The van der Waals surface area contributed by atoms with Crippen LogP contribution in [-0.2, 0) is 0 Å². The van der Waals surface area contributed by atoms with Gasteiger partial charge in [-0.05, 0) is 24.8 Å². The van der Waals surface area contributed by atoms with Gasteiger partial charge in [0.05, 0.1) is 5.39 Å². The predicted molar refractivity (Wildman–Crippen MR) is 71.7 cm³/mol. The fraction of sp³-hybridized carbons (Fsp3) is 0.455. The van der Waals surface area contributed by atoms with Crippen LogP contribution in [0.5, 0.6) is 0 Å². The Morgan fingerprint density at radius 3 is 3.00 bits per heavy atom. The van der Waals surface area contributed by atoms with Crippen molar-refractivity contribution < 1.29 is 5.11 Å². The highest BCUT2D eigenvalue weighted by atomic mass is 32.1. The SMILES string of the molecule is CNc1nc(NC(C)CCO)c2ccsc2n1. The van der Waals surface area contributed by atoms with E-state index in [9.17, 15) is 0 Å². The number of nitrogens with one attached hydrogen (secondary N) is 2. The van der Waals surface area contributed by atoms with E-state index in [2.05, 4.69) is 20.6 Å². The number of anilines is 2. The molecule has 6 heteroatoms. The monoisotopic (exact) mass is 252 g/mol. The molecule has 2 rings (SSSR count). The summed E-state index contributed by atoms with van der Waals surface area (Å²) in [5, 5.41) is 18.2. The van der Waals surface area contributed by atoms with Crippen molar-refractivity contribution in [3.8, 4) is 0 Å². The van der Waals surface area contributed by atoms with Gasteiger partial charge in [-0.3, -0.25) is 0 Å². The molecular formula is C11H16N4OS. The minimum Gasteiger partial charge on any atom is -0.396 e. The number of fused-ring (bicyclic) bond motifs is 1. The lowest BCUT2D eigenvalue weighted by molar-refractivity contribution is 0.282. The van der Waals surface area contributed by atoms with E-state index in [1.807, 2.05) is 18.4 Å². The highest BCUT2D eigenvalue weighted by molar-refractivity contribution is 7.16. The molecular weight excluding hydrogens is 236 g/mol. The molecule has 2 aromatic rings. The van der Waals surface area contributed by atoms with Gasteiger partial charge in [0.25, 0.3) is 0 Å². The van der Waals surface area contributed by atoms with Gasteiger partial charge in [-0.2, -0.15) is 4.98 Å². The molecule has 0 saturated heterocycles. The molecule has 2 heterocycles. The van der Waals surface area contributed by atoms with Gasteiger partial charge < -0.3 is 15.7 Å². The van der Waals surface area contributed by atoms with Crippen LogP contribution in [-0.4, -0.2) is 34.8 Å². The lowest BCUT2D eigenvalue weighted by atomic mass is 10.2. The highest BCUT2D eigenvalue weighted by Gasteiger charge is 2.10. The van der Waals surface area contributed by atoms with Crippen LogP contribution < -0.4 is 10.6 Å². The minimum atomic E-state index is 0.172. The quantitative estimate of drug-likeness (QED) is 0.758. The molecule has 0 amide bonds. The number of rotatable bonds is 5. The Balaban J connectivity index is 2.33.